The maximum Gasteiger partial charge on any atom is 0.328 e. The zero-order chi connectivity index (χ0) is 19.5. The highest BCUT2D eigenvalue weighted by Crippen LogP contribution is 2.25. The van der Waals surface area contributed by atoms with E-state index in [2.05, 4.69) is 5.32 Å². The Hall–Kier alpha value is -3.33. The molecule has 0 unspecified atom stereocenters. The third-order valence-corrected chi connectivity index (χ3v) is 3.00. The monoisotopic (exact) mass is 364 g/mol. The fraction of sp³-hybridized carbons (Fsp3) is 0.235. The summed E-state index contributed by atoms with van der Waals surface area (Å²) in [4.78, 5) is 31.0. The number of nitrogens with one attached hydrogen (secondary N) is 1. The van der Waals surface area contributed by atoms with Crippen molar-refractivity contribution >= 4 is 28.9 Å². The number of amides is 1. The molecule has 140 valence electrons. The maximum absolute atomic E-state index is 11.9. The number of aromatic nitrogens is 1. The van der Waals surface area contributed by atoms with Crippen molar-refractivity contribution in [2.24, 2.45) is 0 Å². The lowest BCUT2D eigenvalue weighted by molar-refractivity contribution is -0.134. The van der Waals surface area contributed by atoms with E-state index >= 15 is 0 Å². The number of hydrogen-bond donors (Lipinski definition) is 3. The Labute approximate surface area is 149 Å². The third kappa shape index (κ3) is 6.29. The van der Waals surface area contributed by atoms with Crippen LogP contribution >= 0.6 is 0 Å². The van der Waals surface area contributed by atoms with Crippen molar-refractivity contribution in [3.05, 3.63) is 42.5 Å². The molecule has 0 atom stereocenters. The number of nitrogens with zero attached hydrogens (tertiary/aromatic N) is 1. The zero-order valence-corrected chi connectivity index (χ0v) is 14.3. The fourth-order valence-corrected chi connectivity index (χ4v) is 1.93. The van der Waals surface area contributed by atoms with Crippen LogP contribution in [0.1, 0.15) is 0 Å². The van der Waals surface area contributed by atoms with Gasteiger partial charge in [0.2, 0.25) is 5.88 Å². The van der Waals surface area contributed by atoms with E-state index in [1.54, 1.807) is 14.2 Å². The van der Waals surface area contributed by atoms with Crippen LogP contribution in [-0.2, 0) is 14.3 Å². The second-order valence-electron chi connectivity index (χ2n) is 4.78. The van der Waals surface area contributed by atoms with E-state index in [1.165, 1.54) is 4.57 Å². The van der Waals surface area contributed by atoms with E-state index in [1.807, 2.05) is 30.3 Å². The first-order chi connectivity index (χ1) is 12.4. The van der Waals surface area contributed by atoms with Gasteiger partial charge >= 0.3 is 18.0 Å². The van der Waals surface area contributed by atoms with Crippen LogP contribution in [0.15, 0.2) is 42.5 Å². The van der Waals surface area contributed by atoms with Crippen molar-refractivity contribution in [1.29, 1.82) is 0 Å². The van der Waals surface area contributed by atoms with Gasteiger partial charge in [-0.2, -0.15) is 0 Å². The summed E-state index contributed by atoms with van der Waals surface area (Å²) >= 11 is 0. The second-order valence-corrected chi connectivity index (χ2v) is 4.78. The van der Waals surface area contributed by atoms with Crippen LogP contribution < -0.4 is 10.1 Å². The van der Waals surface area contributed by atoms with Crippen molar-refractivity contribution in [2.45, 2.75) is 0 Å². The summed E-state index contributed by atoms with van der Waals surface area (Å²) in [5.74, 6) is -1.99. The molecule has 9 heteroatoms. The first-order valence-corrected chi connectivity index (χ1v) is 7.49. The Morgan fingerprint density at radius 1 is 1.12 bits per heavy atom. The van der Waals surface area contributed by atoms with Gasteiger partial charge in [-0.05, 0) is 6.07 Å². The van der Waals surface area contributed by atoms with Gasteiger partial charge in [0.25, 0.3) is 0 Å². The van der Waals surface area contributed by atoms with Crippen LogP contribution in [0.2, 0.25) is 0 Å². The number of carbonyl (C=O) groups is 3. The predicted octanol–water partition coefficient (Wildman–Crippen LogP) is 1.57. The van der Waals surface area contributed by atoms with Gasteiger partial charge < -0.3 is 25.0 Å². The molecule has 3 N–H and O–H groups in total. The van der Waals surface area contributed by atoms with E-state index in [9.17, 15) is 14.4 Å². The molecule has 2 rings (SSSR count). The zero-order valence-electron chi connectivity index (χ0n) is 14.3. The predicted molar refractivity (Wildman–Crippen MR) is 93.6 cm³/mol. The Bertz CT molecular complexity index is 780. The van der Waals surface area contributed by atoms with E-state index < -0.39 is 11.9 Å². The number of carboxylic acids is 2. The molecule has 26 heavy (non-hydrogen) atoms. The number of rotatable bonds is 6. The molecule has 0 saturated heterocycles. The van der Waals surface area contributed by atoms with Gasteiger partial charge in [-0.15, -0.1) is 0 Å². The Balaban J connectivity index is 0.000000359. The Morgan fingerprint density at radius 3 is 2.27 bits per heavy atom. The summed E-state index contributed by atoms with van der Waals surface area (Å²) in [6.45, 7) is 0.888. The average Bonchev–Trinajstić information content (AvgIpc) is 2.98. The SMILES string of the molecule is CNC(=O)n1c(OCCOC)cc2ccccc21.O=C(O)/C=C/C(=O)O. The number of fused-ring (bicyclic) bond motifs is 1. The lowest BCUT2D eigenvalue weighted by Crippen LogP contribution is -2.25. The van der Waals surface area contributed by atoms with E-state index in [4.69, 9.17) is 19.7 Å². The van der Waals surface area contributed by atoms with Crippen molar-refractivity contribution in [3.63, 3.8) is 0 Å². The number of carboxylic acid groups (broad SMARTS) is 2. The summed E-state index contributed by atoms with van der Waals surface area (Å²) in [5, 5.41) is 19.2. The molecular formula is C17H20N2O7. The van der Waals surface area contributed by atoms with Crippen LogP contribution in [0.25, 0.3) is 10.9 Å². The van der Waals surface area contributed by atoms with Gasteiger partial charge in [0, 0.05) is 37.8 Å². The maximum atomic E-state index is 11.9. The van der Waals surface area contributed by atoms with E-state index in [-0.39, 0.29) is 6.03 Å². The van der Waals surface area contributed by atoms with Crippen LogP contribution in [0.4, 0.5) is 4.79 Å². The summed E-state index contributed by atoms with van der Waals surface area (Å²) < 4.78 is 12.0. The van der Waals surface area contributed by atoms with E-state index in [0.717, 1.165) is 10.9 Å². The largest absolute Gasteiger partial charge is 0.478 e. The highest BCUT2D eigenvalue weighted by atomic mass is 16.5. The lowest BCUT2D eigenvalue weighted by Gasteiger charge is -2.09. The van der Waals surface area contributed by atoms with Crippen LogP contribution in [-0.4, -0.2) is 60.1 Å². The number of ether oxygens (including phenoxy) is 2. The van der Waals surface area contributed by atoms with Crippen molar-refractivity contribution in [2.75, 3.05) is 27.4 Å². The number of methoxy groups -OCH3 is 1. The van der Waals surface area contributed by atoms with Gasteiger partial charge in [0.1, 0.15) is 6.61 Å². The molecule has 0 bridgehead atoms. The summed E-state index contributed by atoms with van der Waals surface area (Å²) in [6.07, 6.45) is 1.12. The summed E-state index contributed by atoms with van der Waals surface area (Å²) in [7, 11) is 3.20. The first kappa shape index (κ1) is 20.7. The highest BCUT2D eigenvalue weighted by molar-refractivity contribution is 5.94. The minimum Gasteiger partial charge on any atom is -0.478 e. The van der Waals surface area contributed by atoms with Gasteiger partial charge in [0.05, 0.1) is 12.1 Å². The number of carbonyl (C=O) groups excluding carboxylic acids is 1. The molecule has 0 radical (unpaired) electrons. The quantitative estimate of drug-likeness (QED) is 0.524. The molecule has 1 heterocycles. The fourth-order valence-electron chi connectivity index (χ4n) is 1.93. The lowest BCUT2D eigenvalue weighted by atomic mass is 10.2. The third-order valence-electron chi connectivity index (χ3n) is 3.00. The van der Waals surface area contributed by atoms with Crippen LogP contribution in [0.5, 0.6) is 5.88 Å². The van der Waals surface area contributed by atoms with Gasteiger partial charge in [-0.3, -0.25) is 0 Å². The number of benzene rings is 1. The molecule has 0 spiro atoms. The summed E-state index contributed by atoms with van der Waals surface area (Å²) in [6, 6.07) is 9.27. The first-order valence-electron chi connectivity index (χ1n) is 7.49. The Kier molecular flexibility index (Phi) is 8.38. The normalized spacial score (nSPS) is 10.2. The summed E-state index contributed by atoms with van der Waals surface area (Å²) in [5.41, 5.74) is 0.823. The van der Waals surface area contributed by atoms with Crippen molar-refractivity contribution in [1.82, 2.24) is 9.88 Å². The van der Waals surface area contributed by atoms with Gasteiger partial charge in [-0.25, -0.2) is 19.0 Å². The average molecular weight is 364 g/mol. The second kappa shape index (κ2) is 10.5. The molecule has 0 saturated carbocycles. The molecular weight excluding hydrogens is 344 g/mol. The van der Waals surface area contributed by atoms with Crippen molar-refractivity contribution in [3.8, 4) is 5.88 Å². The molecule has 9 nitrogen and oxygen atoms in total. The molecule has 1 aromatic carbocycles. The number of aliphatic carboxylic acids is 2. The minimum absolute atomic E-state index is 0.219. The van der Waals surface area contributed by atoms with Crippen LogP contribution in [0, 0.1) is 0 Å². The Morgan fingerprint density at radius 2 is 1.73 bits per heavy atom. The molecule has 1 amide bonds. The molecule has 1 aromatic heterocycles. The standard InChI is InChI=1S/C13H16N2O3.C4H4O4/c1-14-13(16)15-11-6-4-3-5-10(11)9-12(15)18-8-7-17-2;5-3(6)1-2-4(7)8/h3-6,9H,7-8H2,1-2H3,(H,14,16);1-2H,(H,5,6)(H,7,8)/b;2-1+. The van der Waals surface area contributed by atoms with Crippen molar-refractivity contribution < 1.29 is 34.1 Å². The molecule has 0 fully saturated rings. The molecule has 0 aliphatic carbocycles. The minimum atomic E-state index is -1.26. The number of para-hydroxylation sites is 1. The number of hydrogen-bond acceptors (Lipinski definition) is 5. The smallest absolute Gasteiger partial charge is 0.328 e. The molecule has 0 aliphatic heterocycles. The topological polar surface area (TPSA) is 127 Å². The van der Waals surface area contributed by atoms with E-state index in [0.29, 0.717) is 31.2 Å². The van der Waals surface area contributed by atoms with Crippen LogP contribution in [0.3, 0.4) is 0 Å². The molecule has 0 aliphatic rings. The molecule has 2 aromatic rings. The van der Waals surface area contributed by atoms with Gasteiger partial charge in [-0.1, -0.05) is 18.2 Å². The van der Waals surface area contributed by atoms with Gasteiger partial charge in [0.15, 0.2) is 0 Å². The highest BCUT2D eigenvalue weighted by Gasteiger charge is 2.14.